The van der Waals surface area contributed by atoms with Crippen molar-refractivity contribution in [1.29, 1.82) is 0 Å². The number of hydrogen-bond acceptors (Lipinski definition) is 3. The first-order valence-corrected chi connectivity index (χ1v) is 6.93. The number of carbonyl (C=O) groups is 1. The zero-order valence-electron chi connectivity index (χ0n) is 13.1. The van der Waals surface area contributed by atoms with E-state index in [0.29, 0.717) is 19.1 Å². The van der Waals surface area contributed by atoms with E-state index in [2.05, 4.69) is 34.6 Å². The van der Waals surface area contributed by atoms with Crippen LogP contribution >= 0.6 is 0 Å². The lowest BCUT2D eigenvalue weighted by atomic mass is 9.61. The van der Waals surface area contributed by atoms with Crippen LogP contribution in [0.15, 0.2) is 0 Å². The number of carbonyl (C=O) groups excluding carboxylic acids is 1. The zero-order valence-corrected chi connectivity index (χ0v) is 13.1. The van der Waals surface area contributed by atoms with E-state index in [4.69, 9.17) is 9.47 Å². The van der Waals surface area contributed by atoms with Crippen molar-refractivity contribution in [2.24, 2.45) is 16.7 Å². The molecule has 1 unspecified atom stereocenters. The van der Waals surface area contributed by atoms with Crippen molar-refractivity contribution in [1.82, 2.24) is 0 Å². The van der Waals surface area contributed by atoms with E-state index in [-0.39, 0.29) is 11.4 Å². The van der Waals surface area contributed by atoms with Crippen LogP contribution in [0, 0.1) is 16.7 Å². The Morgan fingerprint density at radius 2 is 1.78 bits per heavy atom. The van der Waals surface area contributed by atoms with Crippen LogP contribution in [0.1, 0.15) is 54.4 Å². The molecule has 3 nitrogen and oxygen atoms in total. The SMILES string of the molecule is CCOC(=O)C(COC)(CC(C)C)C(C)(C)CC. The third-order valence-electron chi connectivity index (χ3n) is 3.99. The van der Waals surface area contributed by atoms with Gasteiger partial charge in [-0.3, -0.25) is 4.79 Å². The molecule has 0 aromatic heterocycles. The van der Waals surface area contributed by atoms with Crippen LogP contribution in [0.2, 0.25) is 0 Å². The topological polar surface area (TPSA) is 35.5 Å². The van der Waals surface area contributed by atoms with E-state index in [0.717, 1.165) is 12.8 Å². The van der Waals surface area contributed by atoms with Crippen LogP contribution in [-0.2, 0) is 14.3 Å². The van der Waals surface area contributed by atoms with Gasteiger partial charge in [-0.1, -0.05) is 34.6 Å². The second-order valence-electron chi connectivity index (χ2n) is 6.07. The number of esters is 1. The lowest BCUT2D eigenvalue weighted by molar-refractivity contribution is -0.172. The van der Waals surface area contributed by atoms with Crippen molar-refractivity contribution in [3.8, 4) is 0 Å². The average molecular weight is 258 g/mol. The number of rotatable bonds is 8. The fourth-order valence-corrected chi connectivity index (χ4v) is 2.50. The Kier molecular flexibility index (Phi) is 6.90. The molecule has 0 saturated carbocycles. The molecular weight excluding hydrogens is 228 g/mol. The fraction of sp³-hybridized carbons (Fsp3) is 0.933. The molecule has 0 aromatic carbocycles. The minimum absolute atomic E-state index is 0.118. The van der Waals surface area contributed by atoms with Crippen LogP contribution in [0.3, 0.4) is 0 Å². The van der Waals surface area contributed by atoms with Gasteiger partial charge in [0, 0.05) is 7.11 Å². The van der Waals surface area contributed by atoms with E-state index in [1.54, 1.807) is 7.11 Å². The van der Waals surface area contributed by atoms with Gasteiger partial charge in [-0.25, -0.2) is 0 Å². The Morgan fingerprint density at radius 3 is 2.11 bits per heavy atom. The summed E-state index contributed by atoms with van der Waals surface area (Å²) < 4.78 is 10.7. The van der Waals surface area contributed by atoms with Gasteiger partial charge in [0.25, 0.3) is 0 Å². The summed E-state index contributed by atoms with van der Waals surface area (Å²) in [6, 6.07) is 0. The van der Waals surface area contributed by atoms with Crippen LogP contribution in [0.4, 0.5) is 0 Å². The van der Waals surface area contributed by atoms with Gasteiger partial charge in [0.05, 0.1) is 18.6 Å². The van der Waals surface area contributed by atoms with Crippen molar-refractivity contribution in [3.05, 3.63) is 0 Å². The van der Waals surface area contributed by atoms with Gasteiger partial charge in [0.15, 0.2) is 0 Å². The predicted molar refractivity (Wildman–Crippen MR) is 74.5 cm³/mol. The van der Waals surface area contributed by atoms with E-state index >= 15 is 0 Å². The Labute approximate surface area is 112 Å². The monoisotopic (exact) mass is 258 g/mol. The summed E-state index contributed by atoms with van der Waals surface area (Å²) in [6.45, 7) is 13.3. The molecule has 0 aliphatic carbocycles. The molecule has 108 valence electrons. The summed E-state index contributed by atoms with van der Waals surface area (Å²) in [7, 11) is 1.65. The maximum absolute atomic E-state index is 12.5. The summed E-state index contributed by atoms with van der Waals surface area (Å²) in [5, 5.41) is 0. The van der Waals surface area contributed by atoms with Crippen molar-refractivity contribution in [2.75, 3.05) is 20.3 Å². The van der Waals surface area contributed by atoms with E-state index in [1.165, 1.54) is 0 Å². The van der Waals surface area contributed by atoms with Gasteiger partial charge >= 0.3 is 5.97 Å². The van der Waals surface area contributed by atoms with Gasteiger partial charge in [-0.2, -0.15) is 0 Å². The zero-order chi connectivity index (χ0) is 14.4. The van der Waals surface area contributed by atoms with Crippen molar-refractivity contribution in [3.63, 3.8) is 0 Å². The molecular formula is C15H30O3. The Morgan fingerprint density at radius 1 is 1.22 bits per heavy atom. The number of ether oxygens (including phenoxy) is 2. The third kappa shape index (κ3) is 3.71. The molecule has 0 aliphatic rings. The van der Waals surface area contributed by atoms with Gasteiger partial charge in [-0.05, 0) is 31.1 Å². The summed E-state index contributed by atoms with van der Waals surface area (Å²) in [4.78, 5) is 12.5. The molecule has 0 aliphatic heterocycles. The van der Waals surface area contributed by atoms with Gasteiger partial charge in [0.1, 0.15) is 0 Å². The molecule has 1 atom stereocenters. The highest BCUT2D eigenvalue weighted by atomic mass is 16.5. The lowest BCUT2D eigenvalue weighted by Gasteiger charge is -2.45. The molecule has 0 spiro atoms. The maximum atomic E-state index is 12.5. The van der Waals surface area contributed by atoms with Crippen LogP contribution in [-0.4, -0.2) is 26.3 Å². The predicted octanol–water partition coefficient (Wildman–Crippen LogP) is 3.66. The highest BCUT2D eigenvalue weighted by molar-refractivity contribution is 5.78. The Balaban J connectivity index is 5.48. The van der Waals surface area contributed by atoms with E-state index in [1.807, 2.05) is 6.92 Å². The molecule has 0 fully saturated rings. The van der Waals surface area contributed by atoms with Crippen LogP contribution < -0.4 is 0 Å². The smallest absolute Gasteiger partial charge is 0.314 e. The van der Waals surface area contributed by atoms with Gasteiger partial charge < -0.3 is 9.47 Å². The first-order valence-electron chi connectivity index (χ1n) is 6.93. The van der Waals surface area contributed by atoms with Crippen molar-refractivity contribution >= 4 is 5.97 Å². The first kappa shape index (κ1) is 17.4. The molecule has 0 bridgehead atoms. The highest BCUT2D eigenvalue weighted by Crippen LogP contribution is 2.47. The minimum Gasteiger partial charge on any atom is -0.465 e. The fourth-order valence-electron chi connectivity index (χ4n) is 2.50. The standard InChI is InChI=1S/C15H30O3/c1-8-14(5,6)15(11-17-7,10-12(3)4)13(16)18-9-2/h12H,8-11H2,1-7H3. The molecule has 0 rings (SSSR count). The molecule has 3 heteroatoms. The normalized spacial score (nSPS) is 15.6. The quantitative estimate of drug-likeness (QED) is 0.623. The first-order chi connectivity index (χ1) is 8.27. The summed E-state index contributed by atoms with van der Waals surface area (Å²) in [5.74, 6) is 0.308. The number of hydrogen-bond donors (Lipinski definition) is 0. The largest absolute Gasteiger partial charge is 0.465 e. The molecule has 0 aromatic rings. The summed E-state index contributed by atoms with van der Waals surface area (Å²) in [5.41, 5.74) is -0.694. The Bertz CT molecular complexity index is 258. The molecule has 0 radical (unpaired) electrons. The van der Waals surface area contributed by atoms with E-state index in [9.17, 15) is 4.79 Å². The average Bonchev–Trinajstić information content (AvgIpc) is 2.27. The summed E-state index contributed by atoms with van der Waals surface area (Å²) >= 11 is 0. The van der Waals surface area contributed by atoms with Crippen molar-refractivity contribution < 1.29 is 14.3 Å². The minimum atomic E-state index is -0.555. The highest BCUT2D eigenvalue weighted by Gasteiger charge is 2.51. The van der Waals surface area contributed by atoms with E-state index < -0.39 is 5.41 Å². The maximum Gasteiger partial charge on any atom is 0.314 e. The van der Waals surface area contributed by atoms with Gasteiger partial charge in [0.2, 0.25) is 0 Å². The van der Waals surface area contributed by atoms with Crippen LogP contribution in [0.5, 0.6) is 0 Å². The summed E-state index contributed by atoms with van der Waals surface area (Å²) in [6.07, 6.45) is 1.71. The molecule has 0 heterocycles. The number of methoxy groups -OCH3 is 1. The lowest BCUT2D eigenvalue weighted by Crippen LogP contribution is -2.49. The van der Waals surface area contributed by atoms with Crippen LogP contribution in [0.25, 0.3) is 0 Å². The molecule has 0 N–H and O–H groups in total. The van der Waals surface area contributed by atoms with Crippen molar-refractivity contribution in [2.45, 2.75) is 54.4 Å². The Hall–Kier alpha value is -0.570. The third-order valence-corrected chi connectivity index (χ3v) is 3.99. The second kappa shape index (κ2) is 7.13. The molecule has 18 heavy (non-hydrogen) atoms. The van der Waals surface area contributed by atoms with Gasteiger partial charge in [-0.15, -0.1) is 0 Å². The molecule has 0 saturated heterocycles. The second-order valence-corrected chi connectivity index (χ2v) is 6.07. The molecule has 0 amide bonds.